The van der Waals surface area contributed by atoms with Crippen LogP contribution in [-0.4, -0.2) is 56.9 Å². The van der Waals surface area contributed by atoms with Crippen molar-refractivity contribution in [2.75, 3.05) is 26.2 Å². The molecule has 0 bridgehead atoms. The van der Waals surface area contributed by atoms with Crippen LogP contribution in [0.25, 0.3) is 0 Å². The molecule has 0 N–H and O–H groups in total. The highest BCUT2D eigenvalue weighted by Gasteiger charge is 2.23. The third-order valence-electron chi connectivity index (χ3n) is 5.27. The molecule has 0 atom stereocenters. The largest absolute Gasteiger partial charge is 0.333 e. The van der Waals surface area contributed by atoms with Crippen molar-refractivity contribution in [2.24, 2.45) is 0 Å². The van der Waals surface area contributed by atoms with E-state index >= 15 is 0 Å². The van der Waals surface area contributed by atoms with Gasteiger partial charge in [0.25, 0.3) is 5.91 Å². The summed E-state index contributed by atoms with van der Waals surface area (Å²) in [5.41, 5.74) is 3.04. The Morgan fingerprint density at radius 3 is 2.64 bits per heavy atom. The number of carbonyl (C=O) groups excluding carboxylic acids is 1. The van der Waals surface area contributed by atoms with Gasteiger partial charge in [-0.15, -0.1) is 5.10 Å². The Morgan fingerprint density at radius 1 is 1.00 bits per heavy atom. The number of carbonyl (C=O) groups is 1. The van der Waals surface area contributed by atoms with E-state index in [2.05, 4.69) is 33.4 Å². The van der Waals surface area contributed by atoms with Gasteiger partial charge in [0.15, 0.2) is 5.69 Å². The highest BCUT2D eigenvalue weighted by molar-refractivity contribution is 5.92. The van der Waals surface area contributed by atoms with Crippen LogP contribution in [0.15, 0.2) is 30.5 Å². The van der Waals surface area contributed by atoms with Crippen LogP contribution in [0.3, 0.4) is 0 Å². The van der Waals surface area contributed by atoms with Gasteiger partial charge in [-0.3, -0.25) is 9.48 Å². The van der Waals surface area contributed by atoms with Gasteiger partial charge in [0.2, 0.25) is 0 Å². The van der Waals surface area contributed by atoms with Crippen LogP contribution in [0.2, 0.25) is 0 Å². The molecule has 25 heavy (non-hydrogen) atoms. The lowest BCUT2D eigenvalue weighted by molar-refractivity contribution is 0.0728. The predicted molar refractivity (Wildman–Crippen MR) is 95.2 cm³/mol. The Bertz CT molecular complexity index is 735. The lowest BCUT2D eigenvalue weighted by Crippen LogP contribution is -2.36. The Kier molecular flexibility index (Phi) is 4.78. The molecule has 0 aliphatic carbocycles. The van der Waals surface area contributed by atoms with E-state index in [4.69, 9.17) is 0 Å². The highest BCUT2D eigenvalue weighted by Crippen LogP contribution is 2.19. The van der Waals surface area contributed by atoms with Gasteiger partial charge in [0.1, 0.15) is 0 Å². The summed E-state index contributed by atoms with van der Waals surface area (Å²) in [6, 6.07) is 8.34. The molecule has 1 amide bonds. The maximum Gasteiger partial charge on any atom is 0.276 e. The van der Waals surface area contributed by atoms with Crippen molar-refractivity contribution < 1.29 is 4.79 Å². The number of piperidine rings is 1. The van der Waals surface area contributed by atoms with Crippen molar-refractivity contribution in [2.45, 2.75) is 38.8 Å². The van der Waals surface area contributed by atoms with Gasteiger partial charge in [-0.05, 0) is 43.5 Å². The maximum atomic E-state index is 12.7. The summed E-state index contributed by atoms with van der Waals surface area (Å²) in [6.45, 7) is 5.53. The number of likely N-dealkylation sites (tertiary alicyclic amines) is 1. The molecule has 3 heterocycles. The van der Waals surface area contributed by atoms with Crippen LogP contribution in [-0.2, 0) is 19.5 Å². The molecular weight excluding hydrogens is 314 g/mol. The molecule has 6 heteroatoms. The molecule has 6 nitrogen and oxygen atoms in total. The van der Waals surface area contributed by atoms with E-state index in [9.17, 15) is 4.79 Å². The zero-order valence-corrected chi connectivity index (χ0v) is 14.6. The third-order valence-corrected chi connectivity index (χ3v) is 5.27. The number of rotatable bonds is 4. The van der Waals surface area contributed by atoms with Crippen molar-refractivity contribution in [1.82, 2.24) is 24.8 Å². The van der Waals surface area contributed by atoms with E-state index in [1.54, 1.807) is 10.9 Å². The van der Waals surface area contributed by atoms with Crippen LogP contribution in [0, 0.1) is 0 Å². The number of hydrogen-bond acceptors (Lipinski definition) is 4. The molecule has 2 aliphatic rings. The molecule has 0 unspecified atom stereocenters. The number of fused-ring (bicyclic) bond motifs is 1. The zero-order valence-electron chi connectivity index (χ0n) is 14.6. The van der Waals surface area contributed by atoms with Gasteiger partial charge >= 0.3 is 0 Å². The number of aromatic nitrogens is 3. The van der Waals surface area contributed by atoms with Gasteiger partial charge in [-0.25, -0.2) is 0 Å². The normalized spacial score (nSPS) is 18.2. The Hall–Kier alpha value is -2.21. The number of nitrogens with zero attached hydrogens (tertiary/aromatic N) is 5. The molecule has 0 spiro atoms. The molecule has 1 aromatic carbocycles. The summed E-state index contributed by atoms with van der Waals surface area (Å²) in [6.07, 6.45) is 6.63. The molecule has 0 radical (unpaired) electrons. The summed E-state index contributed by atoms with van der Waals surface area (Å²) < 4.78 is 1.81. The summed E-state index contributed by atoms with van der Waals surface area (Å²) in [7, 11) is 0. The van der Waals surface area contributed by atoms with Crippen molar-refractivity contribution in [3.8, 4) is 0 Å². The van der Waals surface area contributed by atoms with Crippen LogP contribution in [0.4, 0.5) is 0 Å². The van der Waals surface area contributed by atoms with Crippen molar-refractivity contribution >= 4 is 5.91 Å². The molecule has 0 saturated carbocycles. The van der Waals surface area contributed by atoms with E-state index < -0.39 is 0 Å². The predicted octanol–water partition coefficient (Wildman–Crippen LogP) is 1.96. The monoisotopic (exact) mass is 339 g/mol. The van der Waals surface area contributed by atoms with Gasteiger partial charge in [0.05, 0.1) is 12.7 Å². The lowest BCUT2D eigenvalue weighted by Gasteiger charge is -2.28. The average molecular weight is 339 g/mol. The third kappa shape index (κ3) is 3.74. The van der Waals surface area contributed by atoms with Crippen molar-refractivity contribution in [3.05, 3.63) is 47.3 Å². The number of benzene rings is 1. The molecule has 1 fully saturated rings. The van der Waals surface area contributed by atoms with Gasteiger partial charge < -0.3 is 9.80 Å². The second-order valence-corrected chi connectivity index (χ2v) is 7.01. The molecule has 1 aromatic heterocycles. The van der Waals surface area contributed by atoms with Crippen LogP contribution < -0.4 is 0 Å². The minimum Gasteiger partial charge on any atom is -0.333 e. The fourth-order valence-electron chi connectivity index (χ4n) is 3.76. The SMILES string of the molecule is O=C(c1cn(CCN2CCCCC2)nn1)N1CCc2ccccc2C1. The first-order chi connectivity index (χ1) is 12.3. The van der Waals surface area contributed by atoms with E-state index in [1.165, 1.54) is 43.5 Å². The van der Waals surface area contributed by atoms with Crippen molar-refractivity contribution in [1.29, 1.82) is 0 Å². The highest BCUT2D eigenvalue weighted by atomic mass is 16.2. The van der Waals surface area contributed by atoms with E-state index in [0.717, 1.165) is 26.1 Å². The fraction of sp³-hybridized carbons (Fsp3) is 0.526. The molecule has 2 aliphatic heterocycles. The quantitative estimate of drug-likeness (QED) is 0.854. The fourth-order valence-corrected chi connectivity index (χ4v) is 3.76. The smallest absolute Gasteiger partial charge is 0.276 e. The topological polar surface area (TPSA) is 54.3 Å². The van der Waals surface area contributed by atoms with Gasteiger partial charge in [-0.1, -0.05) is 35.9 Å². The van der Waals surface area contributed by atoms with Gasteiger partial charge in [0, 0.05) is 19.6 Å². The minimum atomic E-state index is -0.0151. The van der Waals surface area contributed by atoms with E-state index in [0.29, 0.717) is 12.2 Å². The van der Waals surface area contributed by atoms with Crippen LogP contribution in [0.5, 0.6) is 0 Å². The minimum absolute atomic E-state index is 0.0151. The summed E-state index contributed by atoms with van der Waals surface area (Å²) in [5.74, 6) is -0.0151. The molecule has 4 rings (SSSR count). The van der Waals surface area contributed by atoms with Crippen LogP contribution >= 0.6 is 0 Å². The molecular formula is C19H25N5O. The zero-order chi connectivity index (χ0) is 17.1. The Labute approximate surface area is 148 Å². The van der Waals surface area contributed by atoms with Crippen LogP contribution in [0.1, 0.15) is 40.9 Å². The first kappa shape index (κ1) is 16.3. The lowest BCUT2D eigenvalue weighted by atomic mass is 10.00. The molecule has 132 valence electrons. The van der Waals surface area contributed by atoms with Gasteiger partial charge in [-0.2, -0.15) is 0 Å². The first-order valence-electron chi connectivity index (χ1n) is 9.28. The molecule has 2 aromatic rings. The first-order valence-corrected chi connectivity index (χ1v) is 9.28. The molecule has 1 saturated heterocycles. The standard InChI is InChI=1S/C19H25N5O/c25-19(23-11-8-16-6-2-3-7-17(16)14-23)18-15-24(21-20-18)13-12-22-9-4-1-5-10-22/h2-3,6-7,15H,1,4-5,8-14H2. The van der Waals surface area contributed by atoms with Crippen molar-refractivity contribution in [3.63, 3.8) is 0 Å². The Morgan fingerprint density at radius 2 is 1.80 bits per heavy atom. The maximum absolute atomic E-state index is 12.7. The number of amides is 1. The van der Waals surface area contributed by atoms with E-state index in [1.807, 2.05) is 11.0 Å². The van der Waals surface area contributed by atoms with E-state index in [-0.39, 0.29) is 5.91 Å². The Balaban J connectivity index is 1.36. The second kappa shape index (κ2) is 7.35. The summed E-state index contributed by atoms with van der Waals surface area (Å²) in [5, 5.41) is 8.27. The second-order valence-electron chi connectivity index (χ2n) is 7.01. The summed E-state index contributed by atoms with van der Waals surface area (Å²) in [4.78, 5) is 17.1. The average Bonchev–Trinajstić information content (AvgIpc) is 3.15. The summed E-state index contributed by atoms with van der Waals surface area (Å²) >= 11 is 0. The number of hydrogen-bond donors (Lipinski definition) is 0.